The molecule has 0 spiro atoms. The molecule has 6 nitrogen and oxygen atoms in total. The molecule has 0 aliphatic carbocycles. The lowest BCUT2D eigenvalue weighted by molar-refractivity contribution is -0.118. The molecular weight excluding hydrogens is 462 g/mol. The van der Waals surface area contributed by atoms with Crippen LogP contribution in [0.25, 0.3) is 10.8 Å². The number of aryl methyl sites for hydroxylation is 1. The standard InChI is InChI=1S/C31H33N3O3/c1-21(2)17-30(35)34-26-9-6-8-25(18-26)32-19-28-27-10-5-4-7-23(27)13-16-29(28)37-20-31(36)33-24-14-11-22(3)12-15-24/h4-16,18,21,32H,17,19-20H2,1-3H3,(H,33,36)(H,34,35). The molecule has 0 saturated carbocycles. The Kier molecular flexibility index (Phi) is 8.41. The average Bonchev–Trinajstić information content (AvgIpc) is 2.87. The summed E-state index contributed by atoms with van der Waals surface area (Å²) in [5.74, 6) is 0.721. The Bertz CT molecular complexity index is 1380. The maximum Gasteiger partial charge on any atom is 0.262 e. The summed E-state index contributed by atoms with van der Waals surface area (Å²) in [6.07, 6.45) is 0.478. The first kappa shape index (κ1) is 25.8. The van der Waals surface area contributed by atoms with E-state index in [1.54, 1.807) is 0 Å². The predicted molar refractivity (Wildman–Crippen MR) is 151 cm³/mol. The number of fused-ring (bicyclic) bond motifs is 1. The lowest BCUT2D eigenvalue weighted by Gasteiger charge is -2.16. The van der Waals surface area contributed by atoms with Crippen LogP contribution in [0, 0.1) is 12.8 Å². The lowest BCUT2D eigenvalue weighted by Crippen LogP contribution is -2.20. The molecule has 37 heavy (non-hydrogen) atoms. The van der Waals surface area contributed by atoms with Gasteiger partial charge in [-0.2, -0.15) is 0 Å². The average molecular weight is 496 g/mol. The summed E-state index contributed by atoms with van der Waals surface area (Å²) in [6, 6.07) is 27.3. The summed E-state index contributed by atoms with van der Waals surface area (Å²) >= 11 is 0. The fourth-order valence-corrected chi connectivity index (χ4v) is 4.09. The van der Waals surface area contributed by atoms with E-state index in [1.165, 1.54) is 0 Å². The van der Waals surface area contributed by atoms with Crippen LogP contribution in [-0.2, 0) is 16.1 Å². The van der Waals surface area contributed by atoms with Gasteiger partial charge in [0.2, 0.25) is 5.91 Å². The molecule has 3 N–H and O–H groups in total. The molecule has 4 aromatic rings. The van der Waals surface area contributed by atoms with Crippen LogP contribution in [0.3, 0.4) is 0 Å². The zero-order valence-corrected chi connectivity index (χ0v) is 21.5. The molecule has 0 unspecified atom stereocenters. The van der Waals surface area contributed by atoms with Crippen LogP contribution >= 0.6 is 0 Å². The van der Waals surface area contributed by atoms with Gasteiger partial charge in [0.1, 0.15) is 5.75 Å². The lowest BCUT2D eigenvalue weighted by atomic mass is 10.0. The van der Waals surface area contributed by atoms with Crippen molar-refractivity contribution in [2.75, 3.05) is 22.6 Å². The van der Waals surface area contributed by atoms with Crippen LogP contribution in [0.5, 0.6) is 5.75 Å². The molecular formula is C31H33N3O3. The zero-order valence-electron chi connectivity index (χ0n) is 21.5. The van der Waals surface area contributed by atoms with E-state index in [9.17, 15) is 9.59 Å². The highest BCUT2D eigenvalue weighted by atomic mass is 16.5. The van der Waals surface area contributed by atoms with E-state index in [1.807, 2.05) is 99.6 Å². The van der Waals surface area contributed by atoms with Crippen LogP contribution in [0.4, 0.5) is 17.1 Å². The first-order valence-electron chi connectivity index (χ1n) is 12.5. The Hall–Kier alpha value is -4.32. The van der Waals surface area contributed by atoms with E-state index in [-0.39, 0.29) is 18.4 Å². The summed E-state index contributed by atoms with van der Waals surface area (Å²) < 4.78 is 6.00. The first-order chi connectivity index (χ1) is 17.9. The van der Waals surface area contributed by atoms with Gasteiger partial charge in [0.05, 0.1) is 0 Å². The molecule has 0 radical (unpaired) electrons. The minimum atomic E-state index is -0.222. The Morgan fingerprint density at radius 2 is 1.51 bits per heavy atom. The summed E-state index contributed by atoms with van der Waals surface area (Å²) in [5, 5.41) is 11.4. The van der Waals surface area contributed by atoms with E-state index in [2.05, 4.69) is 22.0 Å². The second-order valence-electron chi connectivity index (χ2n) is 9.55. The molecule has 0 heterocycles. The Morgan fingerprint density at radius 3 is 2.30 bits per heavy atom. The van der Waals surface area contributed by atoms with Crippen molar-refractivity contribution >= 4 is 39.6 Å². The number of nitrogens with one attached hydrogen (secondary N) is 3. The van der Waals surface area contributed by atoms with Crippen molar-refractivity contribution in [3.63, 3.8) is 0 Å². The van der Waals surface area contributed by atoms with Gasteiger partial charge in [-0.25, -0.2) is 0 Å². The third-order valence-corrected chi connectivity index (χ3v) is 5.90. The molecule has 6 heteroatoms. The molecule has 0 bridgehead atoms. The van der Waals surface area contributed by atoms with E-state index in [0.29, 0.717) is 24.6 Å². The van der Waals surface area contributed by atoms with E-state index in [4.69, 9.17) is 4.74 Å². The number of rotatable bonds is 10. The Balaban J connectivity index is 1.47. The van der Waals surface area contributed by atoms with Crippen molar-refractivity contribution in [3.05, 3.63) is 96.1 Å². The number of hydrogen-bond donors (Lipinski definition) is 3. The Morgan fingerprint density at radius 1 is 0.784 bits per heavy atom. The minimum Gasteiger partial charge on any atom is -0.483 e. The van der Waals surface area contributed by atoms with Crippen molar-refractivity contribution in [3.8, 4) is 5.75 Å². The van der Waals surface area contributed by atoms with Gasteiger partial charge in [-0.3, -0.25) is 9.59 Å². The predicted octanol–water partition coefficient (Wildman–Crippen LogP) is 6.76. The van der Waals surface area contributed by atoms with E-state index >= 15 is 0 Å². The third-order valence-electron chi connectivity index (χ3n) is 5.90. The van der Waals surface area contributed by atoms with Crippen LogP contribution in [0.2, 0.25) is 0 Å². The van der Waals surface area contributed by atoms with E-state index < -0.39 is 0 Å². The second kappa shape index (κ2) is 12.1. The molecule has 2 amide bonds. The van der Waals surface area contributed by atoms with Gasteiger partial charge >= 0.3 is 0 Å². The second-order valence-corrected chi connectivity index (χ2v) is 9.55. The minimum absolute atomic E-state index is 0.000744. The quantitative estimate of drug-likeness (QED) is 0.227. The SMILES string of the molecule is Cc1ccc(NC(=O)COc2ccc3ccccc3c2CNc2cccc(NC(=O)CC(C)C)c2)cc1. The van der Waals surface area contributed by atoms with Gasteiger partial charge in [-0.05, 0) is 60.0 Å². The van der Waals surface area contributed by atoms with Gasteiger partial charge in [-0.15, -0.1) is 0 Å². The highest BCUT2D eigenvalue weighted by Crippen LogP contribution is 2.29. The number of benzene rings is 4. The normalized spacial score (nSPS) is 10.8. The highest BCUT2D eigenvalue weighted by Gasteiger charge is 2.12. The molecule has 0 aliphatic rings. The van der Waals surface area contributed by atoms with Crippen LogP contribution in [-0.4, -0.2) is 18.4 Å². The zero-order chi connectivity index (χ0) is 26.2. The maximum absolute atomic E-state index is 12.5. The number of carbonyl (C=O) groups is 2. The first-order valence-corrected chi connectivity index (χ1v) is 12.5. The molecule has 0 aromatic heterocycles. The van der Waals surface area contributed by atoms with Gasteiger partial charge in [0.25, 0.3) is 5.91 Å². The molecule has 4 rings (SSSR count). The summed E-state index contributed by atoms with van der Waals surface area (Å²) in [5.41, 5.74) is 4.44. The fraction of sp³-hybridized carbons (Fsp3) is 0.226. The smallest absolute Gasteiger partial charge is 0.262 e. The van der Waals surface area contributed by atoms with Gasteiger partial charge in [-0.1, -0.05) is 67.9 Å². The maximum atomic E-state index is 12.5. The van der Waals surface area contributed by atoms with Crippen LogP contribution in [0.1, 0.15) is 31.4 Å². The van der Waals surface area contributed by atoms with Gasteiger partial charge in [0.15, 0.2) is 6.61 Å². The molecule has 0 saturated heterocycles. The molecule has 0 atom stereocenters. The van der Waals surface area contributed by atoms with Crippen molar-refractivity contribution < 1.29 is 14.3 Å². The van der Waals surface area contributed by atoms with Crippen molar-refractivity contribution in [2.24, 2.45) is 5.92 Å². The van der Waals surface area contributed by atoms with Crippen molar-refractivity contribution in [1.82, 2.24) is 0 Å². The molecule has 4 aromatic carbocycles. The topological polar surface area (TPSA) is 79.5 Å². The number of anilines is 3. The molecule has 0 fully saturated rings. The number of carbonyl (C=O) groups excluding carboxylic acids is 2. The largest absolute Gasteiger partial charge is 0.483 e. The van der Waals surface area contributed by atoms with Crippen LogP contribution in [0.15, 0.2) is 84.9 Å². The summed E-state index contributed by atoms with van der Waals surface area (Å²) in [4.78, 5) is 24.7. The number of amides is 2. The fourth-order valence-electron chi connectivity index (χ4n) is 4.09. The Labute approximate surface area is 218 Å². The summed E-state index contributed by atoms with van der Waals surface area (Å²) in [7, 11) is 0. The van der Waals surface area contributed by atoms with Gasteiger partial charge in [0, 0.05) is 35.6 Å². The van der Waals surface area contributed by atoms with Gasteiger partial charge < -0.3 is 20.7 Å². The van der Waals surface area contributed by atoms with Crippen LogP contribution < -0.4 is 20.7 Å². The van der Waals surface area contributed by atoms with Crippen molar-refractivity contribution in [2.45, 2.75) is 33.7 Å². The van der Waals surface area contributed by atoms with E-state index in [0.717, 1.165) is 39.0 Å². The highest BCUT2D eigenvalue weighted by molar-refractivity contribution is 5.93. The monoisotopic (exact) mass is 495 g/mol. The molecule has 0 aliphatic heterocycles. The molecule has 190 valence electrons. The number of hydrogen-bond acceptors (Lipinski definition) is 4. The summed E-state index contributed by atoms with van der Waals surface area (Å²) in [6.45, 7) is 6.43. The van der Waals surface area contributed by atoms with Crippen molar-refractivity contribution in [1.29, 1.82) is 0 Å². The third kappa shape index (κ3) is 7.34. The number of ether oxygens (including phenoxy) is 1.